The largest absolute Gasteiger partial charge is 0.329 e. The zero-order valence-corrected chi connectivity index (χ0v) is 11.1. The Hall–Kier alpha value is -1.84. The lowest BCUT2D eigenvalue weighted by Gasteiger charge is -2.42. The van der Waals surface area contributed by atoms with Gasteiger partial charge in [-0.3, -0.25) is 9.59 Å². The van der Waals surface area contributed by atoms with E-state index in [-0.39, 0.29) is 17.9 Å². The molecule has 2 amide bonds. The molecular weight excluding hydrogens is 240 g/mol. The molecular formula is C15H18N2O2. The van der Waals surface area contributed by atoms with E-state index in [1.54, 1.807) is 9.80 Å². The monoisotopic (exact) mass is 258 g/mol. The first-order chi connectivity index (χ1) is 9.24. The Morgan fingerprint density at radius 3 is 2.58 bits per heavy atom. The zero-order chi connectivity index (χ0) is 13.4. The molecule has 0 spiro atoms. The van der Waals surface area contributed by atoms with Crippen LogP contribution in [0.2, 0.25) is 0 Å². The fourth-order valence-corrected chi connectivity index (χ4v) is 3.19. The molecule has 4 nitrogen and oxygen atoms in total. The van der Waals surface area contributed by atoms with Gasteiger partial charge in [-0.25, -0.2) is 0 Å². The van der Waals surface area contributed by atoms with E-state index >= 15 is 0 Å². The van der Waals surface area contributed by atoms with Crippen LogP contribution in [0.5, 0.6) is 0 Å². The second kappa shape index (κ2) is 4.68. The molecule has 1 aromatic rings. The number of fused-ring (bicyclic) bond motifs is 1. The lowest BCUT2D eigenvalue weighted by molar-refractivity contribution is -0.159. The summed E-state index contributed by atoms with van der Waals surface area (Å²) in [5.74, 6) is 0.184. The summed E-state index contributed by atoms with van der Waals surface area (Å²) in [5, 5.41) is 0. The SMILES string of the molecule is CCN1C(=O)C2CCCN2C(=O)C1c1ccccc1. The van der Waals surface area contributed by atoms with Crippen LogP contribution in [0.4, 0.5) is 0 Å². The number of benzene rings is 1. The van der Waals surface area contributed by atoms with E-state index in [9.17, 15) is 9.59 Å². The molecule has 4 heteroatoms. The van der Waals surface area contributed by atoms with Crippen LogP contribution in [0.25, 0.3) is 0 Å². The normalized spacial score (nSPS) is 26.8. The minimum absolute atomic E-state index is 0.0788. The van der Waals surface area contributed by atoms with Gasteiger partial charge < -0.3 is 9.80 Å². The summed E-state index contributed by atoms with van der Waals surface area (Å²) in [6.45, 7) is 3.23. The summed E-state index contributed by atoms with van der Waals surface area (Å²) in [6, 6.07) is 8.95. The molecule has 2 aliphatic heterocycles. The molecule has 19 heavy (non-hydrogen) atoms. The number of likely N-dealkylation sites (N-methyl/N-ethyl adjacent to an activating group) is 1. The van der Waals surface area contributed by atoms with Crippen molar-refractivity contribution in [2.45, 2.75) is 31.8 Å². The lowest BCUT2D eigenvalue weighted by Crippen LogP contribution is -2.58. The van der Waals surface area contributed by atoms with E-state index in [2.05, 4.69) is 0 Å². The molecule has 0 saturated carbocycles. The average molecular weight is 258 g/mol. The molecule has 1 aromatic carbocycles. The first-order valence-electron chi connectivity index (χ1n) is 6.90. The van der Waals surface area contributed by atoms with E-state index in [1.165, 1.54) is 0 Å². The Morgan fingerprint density at radius 1 is 1.16 bits per heavy atom. The molecule has 100 valence electrons. The van der Waals surface area contributed by atoms with Crippen molar-refractivity contribution in [2.24, 2.45) is 0 Å². The molecule has 2 unspecified atom stereocenters. The second-order valence-electron chi connectivity index (χ2n) is 5.13. The number of amides is 2. The van der Waals surface area contributed by atoms with Gasteiger partial charge in [0, 0.05) is 13.1 Å². The Labute approximate surface area is 113 Å². The third-order valence-electron chi connectivity index (χ3n) is 4.11. The van der Waals surface area contributed by atoms with Crippen LogP contribution in [0.15, 0.2) is 30.3 Å². The van der Waals surface area contributed by atoms with Crippen molar-refractivity contribution in [1.29, 1.82) is 0 Å². The summed E-state index contributed by atoms with van der Waals surface area (Å²) in [4.78, 5) is 28.6. The van der Waals surface area contributed by atoms with Gasteiger partial charge in [0.15, 0.2) is 0 Å². The number of carbonyl (C=O) groups excluding carboxylic acids is 2. The molecule has 0 aliphatic carbocycles. The molecule has 2 fully saturated rings. The maximum absolute atomic E-state index is 12.7. The Kier molecular flexibility index (Phi) is 3.01. The van der Waals surface area contributed by atoms with Crippen LogP contribution in [0, 0.1) is 0 Å². The van der Waals surface area contributed by atoms with Crippen LogP contribution in [-0.4, -0.2) is 40.7 Å². The Balaban J connectivity index is 2.01. The molecule has 2 aliphatic rings. The smallest absolute Gasteiger partial charge is 0.250 e. The van der Waals surface area contributed by atoms with Crippen molar-refractivity contribution >= 4 is 11.8 Å². The standard InChI is InChI=1S/C15H18N2O2/c1-2-16-13(11-7-4-3-5-8-11)15(19)17-10-6-9-12(17)14(16)18/h3-5,7-8,12-13H,2,6,9-10H2,1H3. The van der Waals surface area contributed by atoms with Crippen molar-refractivity contribution in [3.05, 3.63) is 35.9 Å². The fourth-order valence-electron chi connectivity index (χ4n) is 3.19. The summed E-state index contributed by atoms with van der Waals surface area (Å²) < 4.78 is 0. The van der Waals surface area contributed by atoms with Crippen LogP contribution in [0.3, 0.4) is 0 Å². The van der Waals surface area contributed by atoms with E-state index in [4.69, 9.17) is 0 Å². The van der Waals surface area contributed by atoms with Gasteiger partial charge in [-0.1, -0.05) is 30.3 Å². The van der Waals surface area contributed by atoms with Gasteiger partial charge in [-0.05, 0) is 25.3 Å². The van der Waals surface area contributed by atoms with Crippen LogP contribution in [-0.2, 0) is 9.59 Å². The fraction of sp³-hybridized carbons (Fsp3) is 0.467. The predicted molar refractivity (Wildman–Crippen MR) is 71.3 cm³/mol. The van der Waals surface area contributed by atoms with Gasteiger partial charge in [-0.2, -0.15) is 0 Å². The molecule has 0 bridgehead atoms. The summed E-state index contributed by atoms with van der Waals surface area (Å²) >= 11 is 0. The Bertz CT molecular complexity index is 500. The highest BCUT2D eigenvalue weighted by atomic mass is 16.2. The number of nitrogens with zero attached hydrogens (tertiary/aromatic N) is 2. The van der Waals surface area contributed by atoms with Gasteiger partial charge in [0.1, 0.15) is 12.1 Å². The van der Waals surface area contributed by atoms with Gasteiger partial charge in [-0.15, -0.1) is 0 Å². The van der Waals surface area contributed by atoms with Gasteiger partial charge >= 0.3 is 0 Å². The average Bonchev–Trinajstić information content (AvgIpc) is 2.93. The summed E-state index contributed by atoms with van der Waals surface area (Å²) in [6.07, 6.45) is 1.74. The van der Waals surface area contributed by atoms with E-state index in [0.717, 1.165) is 24.9 Å². The van der Waals surface area contributed by atoms with Crippen LogP contribution < -0.4 is 0 Å². The highest BCUT2D eigenvalue weighted by molar-refractivity contribution is 5.98. The Morgan fingerprint density at radius 2 is 1.89 bits per heavy atom. The van der Waals surface area contributed by atoms with E-state index in [0.29, 0.717) is 6.54 Å². The van der Waals surface area contributed by atoms with Crippen molar-refractivity contribution in [2.75, 3.05) is 13.1 Å². The molecule has 0 aromatic heterocycles. The quantitative estimate of drug-likeness (QED) is 0.808. The molecule has 2 heterocycles. The van der Waals surface area contributed by atoms with Crippen LogP contribution >= 0.6 is 0 Å². The number of rotatable bonds is 2. The van der Waals surface area contributed by atoms with E-state index in [1.807, 2.05) is 37.3 Å². The first-order valence-corrected chi connectivity index (χ1v) is 6.90. The van der Waals surface area contributed by atoms with Crippen molar-refractivity contribution in [1.82, 2.24) is 9.80 Å². The number of hydrogen-bond donors (Lipinski definition) is 0. The van der Waals surface area contributed by atoms with Crippen LogP contribution in [0.1, 0.15) is 31.4 Å². The second-order valence-corrected chi connectivity index (χ2v) is 5.13. The maximum atomic E-state index is 12.7. The number of hydrogen-bond acceptors (Lipinski definition) is 2. The van der Waals surface area contributed by atoms with Gasteiger partial charge in [0.2, 0.25) is 5.91 Å². The minimum atomic E-state index is -0.437. The third-order valence-corrected chi connectivity index (χ3v) is 4.11. The highest BCUT2D eigenvalue weighted by Crippen LogP contribution is 2.34. The molecule has 0 N–H and O–H groups in total. The van der Waals surface area contributed by atoms with Crippen molar-refractivity contribution < 1.29 is 9.59 Å². The molecule has 3 rings (SSSR count). The lowest BCUT2D eigenvalue weighted by atomic mass is 9.98. The summed E-state index contributed by atoms with van der Waals surface area (Å²) in [7, 11) is 0. The molecule has 2 atom stereocenters. The molecule has 0 radical (unpaired) electrons. The summed E-state index contributed by atoms with van der Waals surface area (Å²) in [5.41, 5.74) is 0.910. The van der Waals surface area contributed by atoms with Gasteiger partial charge in [0.05, 0.1) is 0 Å². The van der Waals surface area contributed by atoms with Gasteiger partial charge in [0.25, 0.3) is 5.91 Å². The van der Waals surface area contributed by atoms with Crippen molar-refractivity contribution in [3.8, 4) is 0 Å². The topological polar surface area (TPSA) is 40.6 Å². The maximum Gasteiger partial charge on any atom is 0.250 e. The predicted octanol–water partition coefficient (Wildman–Crippen LogP) is 1.58. The first kappa shape index (κ1) is 12.2. The minimum Gasteiger partial charge on any atom is -0.329 e. The zero-order valence-electron chi connectivity index (χ0n) is 11.1. The van der Waals surface area contributed by atoms with Crippen molar-refractivity contribution in [3.63, 3.8) is 0 Å². The van der Waals surface area contributed by atoms with E-state index < -0.39 is 6.04 Å². The number of carbonyl (C=O) groups is 2. The molecule has 2 saturated heterocycles. The number of piperazine rings is 1. The third kappa shape index (κ3) is 1.82. The highest BCUT2D eigenvalue weighted by Gasteiger charge is 2.47.